The van der Waals surface area contributed by atoms with Crippen molar-refractivity contribution >= 4 is 60.4 Å². The lowest BCUT2D eigenvalue weighted by Gasteiger charge is -2.28. The minimum absolute atomic E-state index is 1.09. The Balaban J connectivity index is 1.31. The first-order valence-corrected chi connectivity index (χ1v) is 17.9. The summed E-state index contributed by atoms with van der Waals surface area (Å²) in [6.45, 7) is 0. The summed E-state index contributed by atoms with van der Waals surface area (Å²) in [7, 11) is 0. The second-order valence-corrected chi connectivity index (χ2v) is 13.4. The fourth-order valence-electron chi connectivity index (χ4n) is 7.98. The van der Waals surface area contributed by atoms with Gasteiger partial charge in [0, 0.05) is 27.8 Å². The number of nitrogens with zero attached hydrogens (tertiary/aromatic N) is 2. The molecular weight excluding hydrogens is 629 g/mol. The van der Waals surface area contributed by atoms with E-state index in [4.69, 9.17) is 0 Å². The van der Waals surface area contributed by atoms with Crippen molar-refractivity contribution < 1.29 is 0 Å². The lowest BCUT2D eigenvalue weighted by atomic mass is 9.93. The zero-order chi connectivity index (χ0) is 34.4. The standard InChI is InChI=1S/C50H34N2/c1-4-15-35(16-5-1)43-32-31-41(34-46(43)36-17-6-2-7-18-36)51(40-30-29-38-28-27-37-19-10-11-22-42(37)47(38)33-40)49-26-14-24-45-44-23-12-13-25-48(44)52(50(45)49)39-20-8-3-9-21-39/h1-34H. The number of para-hydroxylation sites is 3. The van der Waals surface area contributed by atoms with Crippen LogP contribution in [0.15, 0.2) is 206 Å². The molecule has 10 aromatic rings. The number of fused-ring (bicyclic) bond motifs is 6. The molecule has 0 aliphatic carbocycles. The largest absolute Gasteiger partial charge is 0.308 e. The van der Waals surface area contributed by atoms with Crippen molar-refractivity contribution in [1.82, 2.24) is 4.57 Å². The van der Waals surface area contributed by atoms with Crippen LogP contribution in [0.3, 0.4) is 0 Å². The molecule has 0 radical (unpaired) electrons. The topological polar surface area (TPSA) is 8.17 Å². The van der Waals surface area contributed by atoms with E-state index >= 15 is 0 Å². The molecule has 0 fully saturated rings. The van der Waals surface area contributed by atoms with E-state index in [2.05, 4.69) is 216 Å². The van der Waals surface area contributed by atoms with Gasteiger partial charge in [0.2, 0.25) is 0 Å². The summed E-state index contributed by atoms with van der Waals surface area (Å²) in [6, 6.07) is 74.8. The molecule has 0 amide bonds. The van der Waals surface area contributed by atoms with Gasteiger partial charge >= 0.3 is 0 Å². The zero-order valence-corrected chi connectivity index (χ0v) is 28.5. The van der Waals surface area contributed by atoms with Gasteiger partial charge in [-0.25, -0.2) is 0 Å². The van der Waals surface area contributed by atoms with Crippen LogP contribution in [0, 0.1) is 0 Å². The molecule has 10 rings (SSSR count). The Hall–Kier alpha value is -6.90. The molecule has 9 aromatic carbocycles. The highest BCUT2D eigenvalue weighted by molar-refractivity contribution is 6.15. The van der Waals surface area contributed by atoms with Gasteiger partial charge in [0.25, 0.3) is 0 Å². The SMILES string of the molecule is c1ccc(-c2ccc(N(c3ccc4ccc5ccccc5c4c3)c3cccc4c5ccccc5n(-c5ccccc5)c34)cc2-c2ccccc2)cc1. The van der Waals surface area contributed by atoms with Crippen LogP contribution in [0.25, 0.3) is 71.3 Å². The number of hydrogen-bond donors (Lipinski definition) is 0. The van der Waals surface area contributed by atoms with Crippen molar-refractivity contribution in [3.63, 3.8) is 0 Å². The number of benzene rings is 9. The third-order valence-corrected chi connectivity index (χ3v) is 10.3. The van der Waals surface area contributed by atoms with E-state index in [0.717, 1.165) is 22.7 Å². The van der Waals surface area contributed by atoms with Gasteiger partial charge < -0.3 is 9.47 Å². The third kappa shape index (κ3) is 4.96. The molecular formula is C50H34N2. The second-order valence-electron chi connectivity index (χ2n) is 13.4. The van der Waals surface area contributed by atoms with Crippen molar-refractivity contribution in [3.8, 4) is 27.9 Å². The summed E-state index contributed by atoms with van der Waals surface area (Å²) < 4.78 is 2.43. The van der Waals surface area contributed by atoms with E-state index in [9.17, 15) is 0 Å². The highest BCUT2D eigenvalue weighted by atomic mass is 15.2. The molecule has 0 spiro atoms. The predicted octanol–water partition coefficient (Wildman–Crippen LogP) is 13.9. The first-order chi connectivity index (χ1) is 25.8. The average Bonchev–Trinajstić information content (AvgIpc) is 3.57. The van der Waals surface area contributed by atoms with Crippen LogP contribution in [0.5, 0.6) is 0 Å². The first-order valence-electron chi connectivity index (χ1n) is 17.9. The molecule has 0 N–H and O–H groups in total. The third-order valence-electron chi connectivity index (χ3n) is 10.3. The minimum Gasteiger partial charge on any atom is -0.308 e. The molecule has 2 nitrogen and oxygen atoms in total. The minimum atomic E-state index is 1.09. The van der Waals surface area contributed by atoms with Crippen LogP contribution in [0.2, 0.25) is 0 Å². The van der Waals surface area contributed by atoms with Gasteiger partial charge in [-0.05, 0) is 92.3 Å². The maximum atomic E-state index is 2.46. The van der Waals surface area contributed by atoms with Gasteiger partial charge in [-0.15, -0.1) is 0 Å². The van der Waals surface area contributed by atoms with Crippen molar-refractivity contribution in [2.75, 3.05) is 4.90 Å². The van der Waals surface area contributed by atoms with Crippen molar-refractivity contribution in [3.05, 3.63) is 206 Å². The smallest absolute Gasteiger partial charge is 0.0782 e. The monoisotopic (exact) mass is 662 g/mol. The van der Waals surface area contributed by atoms with Gasteiger partial charge in [-0.1, -0.05) is 158 Å². The summed E-state index contributed by atoms with van der Waals surface area (Å²) in [5.41, 5.74) is 11.6. The van der Waals surface area contributed by atoms with Gasteiger partial charge in [0.15, 0.2) is 0 Å². The van der Waals surface area contributed by atoms with Crippen LogP contribution < -0.4 is 4.90 Å². The van der Waals surface area contributed by atoms with Gasteiger partial charge in [-0.2, -0.15) is 0 Å². The Kier molecular flexibility index (Phi) is 7.18. The Morgan fingerprint density at radius 3 is 1.67 bits per heavy atom. The van der Waals surface area contributed by atoms with Crippen LogP contribution in [-0.2, 0) is 0 Å². The molecule has 244 valence electrons. The molecule has 2 heteroatoms. The van der Waals surface area contributed by atoms with Crippen LogP contribution in [0.1, 0.15) is 0 Å². The van der Waals surface area contributed by atoms with Crippen molar-refractivity contribution in [1.29, 1.82) is 0 Å². The lowest BCUT2D eigenvalue weighted by Crippen LogP contribution is -2.12. The maximum Gasteiger partial charge on any atom is 0.0782 e. The first kappa shape index (κ1) is 30.0. The number of anilines is 3. The molecule has 0 bridgehead atoms. The normalized spacial score (nSPS) is 11.5. The van der Waals surface area contributed by atoms with Crippen molar-refractivity contribution in [2.45, 2.75) is 0 Å². The van der Waals surface area contributed by atoms with E-state index in [1.165, 1.54) is 65.6 Å². The summed E-state index contributed by atoms with van der Waals surface area (Å²) >= 11 is 0. The molecule has 1 heterocycles. The molecule has 0 saturated heterocycles. The zero-order valence-electron chi connectivity index (χ0n) is 28.5. The molecule has 0 aliphatic rings. The van der Waals surface area contributed by atoms with Gasteiger partial charge in [0.1, 0.15) is 0 Å². The fraction of sp³-hybridized carbons (Fsp3) is 0. The molecule has 0 unspecified atom stereocenters. The van der Waals surface area contributed by atoms with E-state index in [1.807, 2.05) is 0 Å². The highest BCUT2D eigenvalue weighted by Crippen LogP contribution is 2.46. The molecule has 0 saturated carbocycles. The van der Waals surface area contributed by atoms with E-state index in [0.29, 0.717) is 0 Å². The second kappa shape index (κ2) is 12.5. The van der Waals surface area contributed by atoms with Crippen LogP contribution in [-0.4, -0.2) is 4.57 Å². The average molecular weight is 663 g/mol. The number of aromatic nitrogens is 1. The highest BCUT2D eigenvalue weighted by Gasteiger charge is 2.23. The van der Waals surface area contributed by atoms with E-state index in [1.54, 1.807) is 0 Å². The van der Waals surface area contributed by atoms with E-state index in [-0.39, 0.29) is 0 Å². The van der Waals surface area contributed by atoms with Crippen molar-refractivity contribution in [2.24, 2.45) is 0 Å². The molecule has 0 aliphatic heterocycles. The fourth-order valence-corrected chi connectivity index (χ4v) is 7.98. The lowest BCUT2D eigenvalue weighted by molar-refractivity contribution is 1.17. The summed E-state index contributed by atoms with van der Waals surface area (Å²) in [5.74, 6) is 0. The quantitative estimate of drug-likeness (QED) is 0.161. The van der Waals surface area contributed by atoms with E-state index < -0.39 is 0 Å². The molecule has 52 heavy (non-hydrogen) atoms. The number of hydrogen-bond acceptors (Lipinski definition) is 1. The van der Waals surface area contributed by atoms with Crippen LogP contribution in [0.4, 0.5) is 17.1 Å². The Bertz CT molecular complexity index is 2890. The number of rotatable bonds is 6. The van der Waals surface area contributed by atoms with Gasteiger partial charge in [-0.3, -0.25) is 0 Å². The molecule has 1 aromatic heterocycles. The summed E-state index contributed by atoms with van der Waals surface area (Å²) in [4.78, 5) is 2.46. The van der Waals surface area contributed by atoms with Gasteiger partial charge in [0.05, 0.1) is 16.7 Å². The van der Waals surface area contributed by atoms with Crippen LogP contribution >= 0.6 is 0 Å². The summed E-state index contributed by atoms with van der Waals surface area (Å²) in [5, 5.41) is 7.41. The summed E-state index contributed by atoms with van der Waals surface area (Å²) in [6.07, 6.45) is 0. The predicted molar refractivity (Wildman–Crippen MR) is 221 cm³/mol. The molecule has 0 atom stereocenters. The Morgan fingerprint density at radius 2 is 0.904 bits per heavy atom. The Labute approximate surface area is 303 Å². The Morgan fingerprint density at radius 1 is 0.346 bits per heavy atom. The maximum absolute atomic E-state index is 2.46.